The number of carbonyl (C=O) groups excluding carboxylic acids is 1. The Kier molecular flexibility index (Phi) is 7.79. The van der Waals surface area contributed by atoms with Crippen molar-refractivity contribution in [1.29, 1.82) is 0 Å². The van der Waals surface area contributed by atoms with E-state index in [1.165, 1.54) is 49.2 Å². The van der Waals surface area contributed by atoms with Crippen LogP contribution in [0.5, 0.6) is 0 Å². The standard InChI is InChI=1S/C28H26ClF2N5O4/c1-34-26-23(33-21(29)13-32-26)25(22(27(34)38)28(39)40-2)36-12-11-35(14-20(36)15-37)24(16-3-7-18(30)8-4-16)17-5-9-19(31)10-6-17/h3-10,13,20,24,37H,11-12,14-15H2,1-2H3/t20-/m1/s1. The number of ether oxygens (including phenoxy) is 1. The van der Waals surface area contributed by atoms with Gasteiger partial charge < -0.3 is 14.7 Å². The van der Waals surface area contributed by atoms with E-state index in [9.17, 15) is 23.5 Å². The highest BCUT2D eigenvalue weighted by atomic mass is 35.5. The summed E-state index contributed by atoms with van der Waals surface area (Å²) in [7, 11) is 2.65. The van der Waals surface area contributed by atoms with Crippen molar-refractivity contribution >= 4 is 34.4 Å². The van der Waals surface area contributed by atoms with E-state index < -0.39 is 17.6 Å². The molecule has 1 aliphatic rings. The minimum Gasteiger partial charge on any atom is -0.465 e. The van der Waals surface area contributed by atoms with E-state index in [0.717, 1.165) is 11.1 Å². The molecular formula is C28H26ClF2N5O4. The Morgan fingerprint density at radius 2 is 1.70 bits per heavy atom. The molecule has 1 N–H and O–H groups in total. The van der Waals surface area contributed by atoms with Gasteiger partial charge in [-0.2, -0.15) is 0 Å². The van der Waals surface area contributed by atoms with Crippen LogP contribution in [0, 0.1) is 11.6 Å². The first-order valence-corrected chi connectivity index (χ1v) is 12.9. The highest BCUT2D eigenvalue weighted by Gasteiger charge is 2.37. The van der Waals surface area contributed by atoms with Crippen molar-refractivity contribution in [2.45, 2.75) is 12.1 Å². The fourth-order valence-electron chi connectivity index (χ4n) is 5.28. The molecule has 2 aromatic heterocycles. The third-order valence-corrected chi connectivity index (χ3v) is 7.34. The number of rotatable bonds is 6. The molecule has 2 aromatic carbocycles. The maximum atomic E-state index is 13.8. The predicted octanol–water partition coefficient (Wildman–Crippen LogP) is 3.32. The molecule has 1 saturated heterocycles. The number of aliphatic hydroxyl groups excluding tert-OH is 1. The van der Waals surface area contributed by atoms with Crippen molar-refractivity contribution in [2.24, 2.45) is 7.05 Å². The Bertz CT molecular complexity index is 1570. The van der Waals surface area contributed by atoms with E-state index in [0.29, 0.717) is 6.54 Å². The molecule has 0 saturated carbocycles. The van der Waals surface area contributed by atoms with Gasteiger partial charge in [0, 0.05) is 26.7 Å². The second-order valence-corrected chi connectivity index (χ2v) is 9.86. The molecule has 9 nitrogen and oxygen atoms in total. The number of pyridine rings is 1. The quantitative estimate of drug-likeness (QED) is 0.353. The Hall–Kier alpha value is -3.93. The predicted molar refractivity (Wildman–Crippen MR) is 146 cm³/mol. The summed E-state index contributed by atoms with van der Waals surface area (Å²) in [6.45, 7) is 0.619. The summed E-state index contributed by atoms with van der Waals surface area (Å²) >= 11 is 6.17. The molecule has 0 radical (unpaired) electrons. The minimum atomic E-state index is -0.853. The number of halogens is 3. The normalized spacial score (nSPS) is 16.1. The molecule has 4 aromatic rings. The van der Waals surface area contributed by atoms with Gasteiger partial charge in [0.15, 0.2) is 11.2 Å². The van der Waals surface area contributed by atoms with Crippen LogP contribution in [0.4, 0.5) is 14.5 Å². The number of esters is 1. The van der Waals surface area contributed by atoms with E-state index in [2.05, 4.69) is 14.9 Å². The number of methoxy groups -OCH3 is 1. The molecule has 1 aliphatic heterocycles. The van der Waals surface area contributed by atoms with Gasteiger partial charge >= 0.3 is 5.97 Å². The Morgan fingerprint density at radius 1 is 1.10 bits per heavy atom. The summed E-state index contributed by atoms with van der Waals surface area (Å²) in [6, 6.07) is 11.2. The average Bonchev–Trinajstić information content (AvgIpc) is 2.96. The van der Waals surface area contributed by atoms with Crippen molar-refractivity contribution in [2.75, 3.05) is 38.3 Å². The van der Waals surface area contributed by atoms with Crippen LogP contribution < -0.4 is 10.5 Å². The number of hydrogen-bond donors (Lipinski definition) is 1. The van der Waals surface area contributed by atoms with Crippen LogP contribution in [-0.2, 0) is 11.8 Å². The Morgan fingerprint density at radius 3 is 2.25 bits per heavy atom. The third kappa shape index (κ3) is 5.03. The van der Waals surface area contributed by atoms with Crippen LogP contribution in [0.25, 0.3) is 11.2 Å². The zero-order valence-corrected chi connectivity index (χ0v) is 22.5. The summed E-state index contributed by atoms with van der Waals surface area (Å²) in [5.41, 5.74) is 1.31. The molecule has 40 heavy (non-hydrogen) atoms. The van der Waals surface area contributed by atoms with Crippen LogP contribution in [-0.4, -0.2) is 69.9 Å². The molecule has 1 fully saturated rings. The van der Waals surface area contributed by atoms with E-state index in [1.807, 2.05) is 0 Å². The first-order chi connectivity index (χ1) is 19.2. The minimum absolute atomic E-state index is 0.0649. The molecule has 1 atom stereocenters. The van der Waals surface area contributed by atoms with Crippen LogP contribution in [0.2, 0.25) is 5.15 Å². The lowest BCUT2D eigenvalue weighted by atomic mass is 9.95. The molecule has 5 rings (SSSR count). The second kappa shape index (κ2) is 11.3. The van der Waals surface area contributed by atoms with Gasteiger partial charge in [-0.25, -0.2) is 23.5 Å². The number of hydrogen-bond acceptors (Lipinski definition) is 8. The summed E-state index contributed by atoms with van der Waals surface area (Å²) in [4.78, 5) is 38.7. The number of benzene rings is 2. The van der Waals surface area contributed by atoms with E-state index in [1.54, 1.807) is 29.2 Å². The topological polar surface area (TPSA) is 101 Å². The maximum absolute atomic E-state index is 13.8. The number of aryl methyl sites for hydroxylation is 1. The third-order valence-electron chi connectivity index (χ3n) is 7.16. The summed E-state index contributed by atoms with van der Waals surface area (Å²) < 4.78 is 33.7. The monoisotopic (exact) mass is 569 g/mol. The van der Waals surface area contributed by atoms with Gasteiger partial charge in [-0.3, -0.25) is 14.3 Å². The summed E-state index contributed by atoms with van der Waals surface area (Å²) in [6.07, 6.45) is 1.31. The number of aliphatic hydroxyl groups is 1. The van der Waals surface area contributed by atoms with Gasteiger partial charge in [0.25, 0.3) is 5.56 Å². The van der Waals surface area contributed by atoms with Crippen molar-refractivity contribution in [1.82, 2.24) is 19.4 Å². The highest BCUT2D eigenvalue weighted by Crippen LogP contribution is 2.35. The van der Waals surface area contributed by atoms with Crippen LogP contribution in [0.1, 0.15) is 27.5 Å². The lowest BCUT2D eigenvalue weighted by Crippen LogP contribution is -2.56. The SMILES string of the molecule is COC(=O)c1c(N2CCN(C(c3ccc(F)cc3)c3ccc(F)cc3)C[C@@H]2CO)c2nc(Cl)cnc2n(C)c1=O. The largest absolute Gasteiger partial charge is 0.465 e. The Balaban J connectivity index is 1.61. The molecular weight excluding hydrogens is 544 g/mol. The Labute approximate surface area is 233 Å². The van der Waals surface area contributed by atoms with E-state index >= 15 is 0 Å². The molecule has 0 bridgehead atoms. The fraction of sp³-hybridized carbons (Fsp3) is 0.286. The van der Waals surface area contributed by atoms with Gasteiger partial charge in [-0.05, 0) is 35.4 Å². The molecule has 0 aliphatic carbocycles. The number of aromatic nitrogens is 3. The number of carbonyl (C=O) groups is 1. The van der Waals surface area contributed by atoms with Gasteiger partial charge in [0.05, 0.1) is 37.7 Å². The highest BCUT2D eigenvalue weighted by molar-refractivity contribution is 6.29. The lowest BCUT2D eigenvalue weighted by molar-refractivity contribution is 0.0598. The van der Waals surface area contributed by atoms with Crippen LogP contribution in [0.15, 0.2) is 59.5 Å². The molecule has 208 valence electrons. The second-order valence-electron chi connectivity index (χ2n) is 9.47. The summed E-state index contributed by atoms with van der Waals surface area (Å²) in [5, 5.41) is 10.6. The van der Waals surface area contributed by atoms with Gasteiger partial charge in [0.1, 0.15) is 22.3 Å². The number of piperazine rings is 1. The molecule has 12 heteroatoms. The molecule has 0 amide bonds. The lowest BCUT2D eigenvalue weighted by Gasteiger charge is -2.45. The van der Waals surface area contributed by atoms with E-state index in [4.69, 9.17) is 16.3 Å². The van der Waals surface area contributed by atoms with Crippen molar-refractivity contribution < 1.29 is 23.4 Å². The zero-order chi connectivity index (χ0) is 28.6. The van der Waals surface area contributed by atoms with Gasteiger partial charge in [-0.1, -0.05) is 35.9 Å². The number of nitrogens with zero attached hydrogens (tertiary/aromatic N) is 5. The first kappa shape index (κ1) is 27.6. The zero-order valence-electron chi connectivity index (χ0n) is 21.7. The summed E-state index contributed by atoms with van der Waals surface area (Å²) in [5.74, 6) is -1.62. The maximum Gasteiger partial charge on any atom is 0.345 e. The average molecular weight is 570 g/mol. The van der Waals surface area contributed by atoms with Gasteiger partial charge in [-0.15, -0.1) is 0 Å². The number of fused-ring (bicyclic) bond motifs is 1. The van der Waals surface area contributed by atoms with Crippen LogP contribution in [0.3, 0.4) is 0 Å². The fourth-order valence-corrected chi connectivity index (χ4v) is 5.42. The smallest absolute Gasteiger partial charge is 0.345 e. The number of anilines is 1. The first-order valence-electron chi connectivity index (χ1n) is 12.5. The molecule has 0 unspecified atom stereocenters. The van der Waals surface area contributed by atoms with Gasteiger partial charge in [0.2, 0.25) is 0 Å². The molecule has 3 heterocycles. The van der Waals surface area contributed by atoms with Crippen molar-refractivity contribution in [3.63, 3.8) is 0 Å². The van der Waals surface area contributed by atoms with Crippen molar-refractivity contribution in [3.8, 4) is 0 Å². The van der Waals surface area contributed by atoms with Crippen molar-refractivity contribution in [3.05, 3.63) is 98.6 Å². The van der Waals surface area contributed by atoms with E-state index in [-0.39, 0.29) is 64.9 Å². The molecule has 0 spiro atoms. The van der Waals surface area contributed by atoms with Crippen LogP contribution >= 0.6 is 11.6 Å².